The van der Waals surface area contributed by atoms with E-state index in [0.717, 1.165) is 32.5 Å². The zero-order valence-electron chi connectivity index (χ0n) is 7.98. The van der Waals surface area contributed by atoms with Crippen LogP contribution in [0.25, 0.3) is 0 Å². The van der Waals surface area contributed by atoms with E-state index in [1.807, 2.05) is 6.92 Å². The number of rotatable bonds is 3. The van der Waals surface area contributed by atoms with Crippen molar-refractivity contribution in [1.29, 1.82) is 0 Å². The molecule has 1 rings (SSSR count). The van der Waals surface area contributed by atoms with Crippen molar-refractivity contribution in [3.8, 4) is 0 Å². The minimum Gasteiger partial charge on any atom is -0.449 e. The molecule has 0 aromatic rings. The minimum atomic E-state index is -4.57. The quantitative estimate of drug-likeness (QED) is 0.624. The van der Waals surface area contributed by atoms with Crippen molar-refractivity contribution in [2.24, 2.45) is 5.92 Å². The van der Waals surface area contributed by atoms with E-state index < -0.39 is 13.3 Å². The first kappa shape index (κ1) is 10.9. The lowest BCUT2D eigenvalue weighted by Crippen LogP contribution is -2.35. The molecule has 1 aliphatic rings. The van der Waals surface area contributed by atoms with Crippen LogP contribution in [0.15, 0.2) is 0 Å². The summed E-state index contributed by atoms with van der Waals surface area (Å²) >= 11 is 0. The minimum absolute atomic E-state index is 0.109. The lowest BCUT2D eigenvalue weighted by Gasteiger charge is -2.33. The normalized spacial score (nSPS) is 22.2. The number of likely N-dealkylation sites (tertiary alicyclic amines) is 1. The summed E-state index contributed by atoms with van der Waals surface area (Å²) in [6, 6.07) is 0. The Kier molecular flexibility index (Phi) is 3.65. The molecule has 0 aromatic heterocycles. The predicted octanol–water partition coefficient (Wildman–Crippen LogP) is 2.57. The van der Waals surface area contributed by atoms with E-state index in [0.29, 0.717) is 0 Å². The van der Waals surface area contributed by atoms with Crippen LogP contribution in [0.3, 0.4) is 0 Å². The van der Waals surface area contributed by atoms with Crippen molar-refractivity contribution in [2.45, 2.75) is 26.1 Å². The van der Waals surface area contributed by atoms with Gasteiger partial charge in [-0.3, -0.25) is 0 Å². The highest BCUT2D eigenvalue weighted by molar-refractivity contribution is 6.58. The number of halogens is 3. The van der Waals surface area contributed by atoms with Crippen LogP contribution in [-0.4, -0.2) is 31.5 Å². The molecule has 1 fully saturated rings. The highest BCUT2D eigenvalue weighted by atomic mass is 19.4. The maximum atomic E-state index is 12.1. The first-order chi connectivity index (χ1) is 6.01. The van der Waals surface area contributed by atoms with Crippen LogP contribution in [-0.2, 0) is 0 Å². The van der Waals surface area contributed by atoms with Gasteiger partial charge in [-0.15, -0.1) is 0 Å². The van der Waals surface area contributed by atoms with E-state index in [4.69, 9.17) is 0 Å². The van der Waals surface area contributed by atoms with Gasteiger partial charge >= 0.3 is 6.98 Å². The second-order valence-corrected chi connectivity index (χ2v) is 3.82. The summed E-state index contributed by atoms with van der Waals surface area (Å²) in [6.07, 6.45) is 0.905. The Morgan fingerprint density at radius 1 is 1.23 bits per heavy atom. The van der Waals surface area contributed by atoms with Crippen LogP contribution >= 0.6 is 0 Å². The first-order valence-corrected chi connectivity index (χ1v) is 4.94. The number of nitrogens with zero attached hydrogens (tertiary/aromatic N) is 1. The van der Waals surface area contributed by atoms with E-state index in [2.05, 4.69) is 4.90 Å². The molecule has 0 bridgehead atoms. The Hall–Kier alpha value is -0.185. The molecule has 13 heavy (non-hydrogen) atoms. The Morgan fingerprint density at radius 2 is 1.77 bits per heavy atom. The van der Waals surface area contributed by atoms with Crippen LogP contribution in [0.1, 0.15) is 19.8 Å². The van der Waals surface area contributed by atoms with Gasteiger partial charge in [-0.05, 0) is 32.5 Å². The van der Waals surface area contributed by atoms with E-state index in [9.17, 15) is 12.9 Å². The largest absolute Gasteiger partial charge is 0.478 e. The lowest BCUT2D eigenvalue weighted by atomic mass is 9.74. The van der Waals surface area contributed by atoms with Crippen molar-refractivity contribution in [1.82, 2.24) is 4.90 Å². The highest BCUT2D eigenvalue weighted by Gasteiger charge is 2.29. The molecule has 0 amide bonds. The lowest BCUT2D eigenvalue weighted by molar-refractivity contribution is 0.195. The molecule has 0 unspecified atom stereocenters. The standard InChI is InChI=1S/C8H16BF3N/c1-2-13-5-3-8(4-6-13)7-9(10,11)12/h8H,2-7H2,1H3/q-1. The van der Waals surface area contributed by atoms with E-state index >= 15 is 0 Å². The number of hydrogen-bond acceptors (Lipinski definition) is 1. The highest BCUT2D eigenvalue weighted by Crippen LogP contribution is 2.28. The summed E-state index contributed by atoms with van der Waals surface area (Å²) in [6.45, 7) is 0.125. The zero-order valence-corrected chi connectivity index (χ0v) is 7.98. The molecular formula is C8H16BF3N-. The number of piperidine rings is 1. The van der Waals surface area contributed by atoms with Gasteiger partial charge in [-0.1, -0.05) is 19.2 Å². The Balaban J connectivity index is 2.25. The third-order valence-corrected chi connectivity index (χ3v) is 2.75. The molecule has 0 aromatic carbocycles. The van der Waals surface area contributed by atoms with Gasteiger partial charge in [0.05, 0.1) is 0 Å². The van der Waals surface area contributed by atoms with Crippen LogP contribution in [0.5, 0.6) is 0 Å². The van der Waals surface area contributed by atoms with Crippen LogP contribution < -0.4 is 0 Å². The SMILES string of the molecule is CCN1CCC(C[B-](F)(F)F)CC1. The second-order valence-electron chi connectivity index (χ2n) is 3.82. The summed E-state index contributed by atoms with van der Waals surface area (Å²) in [5, 5.41) is 0. The van der Waals surface area contributed by atoms with E-state index in [1.165, 1.54) is 0 Å². The van der Waals surface area contributed by atoms with Crippen LogP contribution in [0, 0.1) is 5.92 Å². The van der Waals surface area contributed by atoms with Gasteiger partial charge in [-0.2, -0.15) is 0 Å². The maximum absolute atomic E-state index is 12.1. The van der Waals surface area contributed by atoms with Crippen LogP contribution in [0.4, 0.5) is 12.9 Å². The Morgan fingerprint density at radius 3 is 2.15 bits per heavy atom. The monoisotopic (exact) mass is 194 g/mol. The van der Waals surface area contributed by atoms with Crippen LogP contribution in [0.2, 0.25) is 6.32 Å². The topological polar surface area (TPSA) is 3.24 Å². The van der Waals surface area contributed by atoms with Crippen molar-refractivity contribution in [2.75, 3.05) is 19.6 Å². The molecule has 5 heteroatoms. The fraction of sp³-hybridized carbons (Fsp3) is 1.00. The number of hydrogen-bond donors (Lipinski definition) is 0. The van der Waals surface area contributed by atoms with Crippen molar-refractivity contribution < 1.29 is 12.9 Å². The third-order valence-electron chi connectivity index (χ3n) is 2.75. The molecule has 1 nitrogen and oxygen atoms in total. The van der Waals surface area contributed by atoms with Gasteiger partial charge in [0.25, 0.3) is 0 Å². The Bertz CT molecular complexity index is 152. The molecule has 78 valence electrons. The molecule has 1 aliphatic heterocycles. The summed E-state index contributed by atoms with van der Waals surface area (Å²) in [5.74, 6) is -0.109. The average Bonchev–Trinajstić information content (AvgIpc) is 2.03. The fourth-order valence-corrected chi connectivity index (χ4v) is 1.92. The molecule has 1 saturated heterocycles. The smallest absolute Gasteiger partial charge is 0.449 e. The summed E-state index contributed by atoms with van der Waals surface area (Å²) < 4.78 is 36.2. The van der Waals surface area contributed by atoms with Crippen molar-refractivity contribution in [3.63, 3.8) is 0 Å². The molecule has 0 saturated carbocycles. The molecule has 1 heterocycles. The fourth-order valence-electron chi connectivity index (χ4n) is 1.92. The third kappa shape index (κ3) is 4.03. The van der Waals surface area contributed by atoms with Gasteiger partial charge in [-0.25, -0.2) is 0 Å². The van der Waals surface area contributed by atoms with E-state index in [1.54, 1.807) is 0 Å². The maximum Gasteiger partial charge on any atom is 0.478 e. The zero-order chi connectivity index (χ0) is 9.90. The van der Waals surface area contributed by atoms with Gasteiger partial charge in [0.1, 0.15) is 0 Å². The molecule has 0 atom stereocenters. The predicted molar refractivity (Wildman–Crippen MR) is 48.7 cm³/mol. The molecule has 0 spiro atoms. The average molecular weight is 194 g/mol. The molecular weight excluding hydrogens is 178 g/mol. The van der Waals surface area contributed by atoms with Crippen molar-refractivity contribution >= 4 is 6.98 Å². The van der Waals surface area contributed by atoms with Gasteiger partial charge in [0.2, 0.25) is 0 Å². The molecule has 0 radical (unpaired) electrons. The van der Waals surface area contributed by atoms with Crippen molar-refractivity contribution in [3.05, 3.63) is 0 Å². The van der Waals surface area contributed by atoms with E-state index in [-0.39, 0.29) is 5.92 Å². The molecule has 0 N–H and O–H groups in total. The summed E-state index contributed by atoms with van der Waals surface area (Å²) in [5.41, 5.74) is 0. The van der Waals surface area contributed by atoms with Gasteiger partial charge in [0, 0.05) is 0 Å². The second kappa shape index (κ2) is 4.35. The Labute approximate surface area is 77.4 Å². The summed E-state index contributed by atoms with van der Waals surface area (Å²) in [7, 11) is 0. The molecule has 0 aliphatic carbocycles. The van der Waals surface area contributed by atoms with Gasteiger partial charge in [0.15, 0.2) is 0 Å². The first-order valence-electron chi connectivity index (χ1n) is 4.94. The van der Waals surface area contributed by atoms with Gasteiger partial charge < -0.3 is 17.8 Å². The summed E-state index contributed by atoms with van der Waals surface area (Å²) in [4.78, 5) is 2.21.